The molecule has 1 unspecified atom stereocenters. The molecule has 0 aliphatic heterocycles. The molecule has 0 fully saturated rings. The molecule has 0 aromatic heterocycles. The Morgan fingerprint density at radius 1 is 1.41 bits per heavy atom. The second-order valence-electron chi connectivity index (χ2n) is 3.89. The number of methoxy groups -OCH3 is 1. The van der Waals surface area contributed by atoms with Crippen LogP contribution in [0.15, 0.2) is 36.9 Å². The highest BCUT2D eigenvalue weighted by atomic mass is 16.5. The summed E-state index contributed by atoms with van der Waals surface area (Å²) in [6, 6.07) is 8.16. The van der Waals surface area contributed by atoms with Crippen molar-refractivity contribution in [1.29, 1.82) is 0 Å². The fraction of sp³-hybridized carbons (Fsp3) is 0.375. The molecule has 1 aromatic carbocycles. The topological polar surface area (TPSA) is 9.23 Å². The molecule has 0 heterocycles. The number of hydrogen-bond donors (Lipinski definition) is 0. The minimum Gasteiger partial charge on any atom is -0.376 e. The number of rotatable bonds is 5. The summed E-state index contributed by atoms with van der Waals surface area (Å²) >= 11 is 0. The molecule has 1 heteroatoms. The lowest BCUT2D eigenvalue weighted by Gasteiger charge is -2.15. The predicted molar refractivity (Wildman–Crippen MR) is 72.8 cm³/mol. The summed E-state index contributed by atoms with van der Waals surface area (Å²) in [6.07, 6.45) is 4.77. The molecule has 0 saturated heterocycles. The summed E-state index contributed by atoms with van der Waals surface area (Å²) in [5.41, 5.74) is 2.22. The zero-order chi connectivity index (χ0) is 12.5. The van der Waals surface area contributed by atoms with Crippen LogP contribution in [0.4, 0.5) is 0 Å². The van der Waals surface area contributed by atoms with Crippen molar-refractivity contribution >= 4 is 0 Å². The van der Waals surface area contributed by atoms with Crippen molar-refractivity contribution in [1.82, 2.24) is 0 Å². The van der Waals surface area contributed by atoms with Crippen molar-refractivity contribution < 1.29 is 4.74 Å². The van der Waals surface area contributed by atoms with E-state index in [9.17, 15) is 0 Å². The van der Waals surface area contributed by atoms with Crippen LogP contribution >= 0.6 is 0 Å². The molecule has 1 nitrogen and oxygen atoms in total. The van der Waals surface area contributed by atoms with Crippen molar-refractivity contribution in [2.75, 3.05) is 7.11 Å². The summed E-state index contributed by atoms with van der Waals surface area (Å²) in [7, 11) is 1.73. The van der Waals surface area contributed by atoms with Crippen molar-refractivity contribution in [3.05, 3.63) is 48.0 Å². The van der Waals surface area contributed by atoms with E-state index >= 15 is 0 Å². The Labute approximate surface area is 105 Å². The Kier molecular flexibility index (Phi) is 6.14. The maximum Gasteiger partial charge on any atom is 0.0867 e. The maximum absolute atomic E-state index is 5.48. The molecule has 0 N–H and O–H groups in total. The summed E-state index contributed by atoms with van der Waals surface area (Å²) in [4.78, 5) is 0. The van der Waals surface area contributed by atoms with Gasteiger partial charge in [0.15, 0.2) is 0 Å². The lowest BCUT2D eigenvalue weighted by molar-refractivity contribution is 0.106. The van der Waals surface area contributed by atoms with Gasteiger partial charge in [0.2, 0.25) is 0 Å². The first-order chi connectivity index (χ1) is 8.33. The van der Waals surface area contributed by atoms with E-state index in [0.717, 1.165) is 30.4 Å². The summed E-state index contributed by atoms with van der Waals surface area (Å²) in [5, 5.41) is 0. The van der Waals surface area contributed by atoms with Crippen LogP contribution in [0.5, 0.6) is 0 Å². The molecule has 0 radical (unpaired) electrons. The molecular formula is C16H20O. The number of unbranched alkanes of at least 4 members (excludes halogenated alkanes) is 1. The minimum atomic E-state index is 0.0552. The minimum absolute atomic E-state index is 0.0552. The van der Waals surface area contributed by atoms with Crippen LogP contribution in [0.25, 0.3) is 0 Å². The zero-order valence-corrected chi connectivity index (χ0v) is 10.7. The third-order valence-electron chi connectivity index (χ3n) is 2.57. The van der Waals surface area contributed by atoms with Crippen molar-refractivity contribution in [3.8, 4) is 11.8 Å². The first kappa shape index (κ1) is 13.5. The third kappa shape index (κ3) is 4.09. The molecule has 0 saturated carbocycles. The van der Waals surface area contributed by atoms with E-state index in [0.29, 0.717) is 0 Å². The van der Waals surface area contributed by atoms with Crippen molar-refractivity contribution in [3.63, 3.8) is 0 Å². The second kappa shape index (κ2) is 7.70. The predicted octanol–water partition coefficient (Wildman–Crippen LogP) is 4.10. The molecular weight excluding hydrogens is 208 g/mol. The van der Waals surface area contributed by atoms with E-state index in [-0.39, 0.29) is 6.10 Å². The van der Waals surface area contributed by atoms with Gasteiger partial charge in [0, 0.05) is 19.1 Å². The molecule has 1 atom stereocenters. The van der Waals surface area contributed by atoms with E-state index in [2.05, 4.69) is 31.4 Å². The molecule has 0 aliphatic rings. The quantitative estimate of drug-likeness (QED) is 0.544. The largest absolute Gasteiger partial charge is 0.376 e. The first-order valence-electron chi connectivity index (χ1n) is 6.05. The van der Waals surface area contributed by atoms with Gasteiger partial charge < -0.3 is 4.74 Å². The molecule has 0 bridgehead atoms. The SMILES string of the molecule is C=CCC(OC)c1ccccc1C#CCCC. The average Bonchev–Trinajstić information content (AvgIpc) is 2.37. The van der Waals surface area contributed by atoms with Gasteiger partial charge in [-0.05, 0) is 24.5 Å². The molecule has 0 spiro atoms. The van der Waals surface area contributed by atoms with Crippen LogP contribution in [-0.2, 0) is 4.74 Å². The van der Waals surface area contributed by atoms with Gasteiger partial charge in [-0.15, -0.1) is 6.58 Å². The van der Waals surface area contributed by atoms with Gasteiger partial charge in [-0.2, -0.15) is 0 Å². The monoisotopic (exact) mass is 228 g/mol. The summed E-state index contributed by atoms with van der Waals surface area (Å²) in [6.45, 7) is 5.90. The molecule has 1 aromatic rings. The van der Waals surface area contributed by atoms with E-state index < -0.39 is 0 Å². The Bertz CT molecular complexity index is 409. The fourth-order valence-electron chi connectivity index (χ4n) is 1.68. The van der Waals surface area contributed by atoms with Gasteiger partial charge >= 0.3 is 0 Å². The van der Waals surface area contributed by atoms with E-state index in [4.69, 9.17) is 4.74 Å². The van der Waals surface area contributed by atoms with Gasteiger partial charge in [0.25, 0.3) is 0 Å². The van der Waals surface area contributed by atoms with Gasteiger partial charge in [0.1, 0.15) is 0 Å². The Balaban J connectivity index is 2.98. The van der Waals surface area contributed by atoms with Gasteiger partial charge in [-0.25, -0.2) is 0 Å². The molecule has 90 valence electrons. The van der Waals surface area contributed by atoms with Crippen LogP contribution in [0.3, 0.4) is 0 Å². The highest BCUT2D eigenvalue weighted by Crippen LogP contribution is 2.23. The Morgan fingerprint density at radius 3 is 2.82 bits per heavy atom. The Hall–Kier alpha value is -1.52. The van der Waals surface area contributed by atoms with E-state index in [1.54, 1.807) is 7.11 Å². The van der Waals surface area contributed by atoms with Crippen LogP contribution in [0, 0.1) is 11.8 Å². The highest BCUT2D eigenvalue weighted by molar-refractivity contribution is 5.42. The number of ether oxygens (including phenoxy) is 1. The third-order valence-corrected chi connectivity index (χ3v) is 2.57. The summed E-state index contributed by atoms with van der Waals surface area (Å²) in [5.74, 6) is 6.40. The fourth-order valence-corrected chi connectivity index (χ4v) is 1.68. The normalized spacial score (nSPS) is 11.4. The molecule has 0 amide bonds. The lowest BCUT2D eigenvalue weighted by Crippen LogP contribution is -2.02. The first-order valence-corrected chi connectivity index (χ1v) is 6.05. The number of benzene rings is 1. The van der Waals surface area contributed by atoms with Gasteiger partial charge in [0.05, 0.1) is 6.10 Å². The molecule has 1 rings (SSSR count). The molecule has 17 heavy (non-hydrogen) atoms. The maximum atomic E-state index is 5.48. The smallest absolute Gasteiger partial charge is 0.0867 e. The number of hydrogen-bond acceptors (Lipinski definition) is 1. The van der Waals surface area contributed by atoms with Crippen LogP contribution in [0.2, 0.25) is 0 Å². The van der Waals surface area contributed by atoms with Crippen LogP contribution in [0.1, 0.15) is 43.4 Å². The van der Waals surface area contributed by atoms with E-state index in [1.807, 2.05) is 24.3 Å². The highest BCUT2D eigenvalue weighted by Gasteiger charge is 2.11. The van der Waals surface area contributed by atoms with Crippen LogP contribution in [-0.4, -0.2) is 7.11 Å². The zero-order valence-electron chi connectivity index (χ0n) is 10.7. The average molecular weight is 228 g/mol. The second-order valence-corrected chi connectivity index (χ2v) is 3.89. The van der Waals surface area contributed by atoms with Gasteiger partial charge in [-0.1, -0.05) is 43.0 Å². The van der Waals surface area contributed by atoms with E-state index in [1.165, 1.54) is 0 Å². The summed E-state index contributed by atoms with van der Waals surface area (Å²) < 4.78 is 5.48. The standard InChI is InChI=1S/C16H20O/c1-4-6-7-11-14-12-8-9-13-15(14)16(17-3)10-5-2/h5,8-9,12-13,16H,2,4,6,10H2,1,3H3. The Morgan fingerprint density at radius 2 is 2.18 bits per heavy atom. The van der Waals surface area contributed by atoms with Gasteiger partial charge in [-0.3, -0.25) is 0 Å². The lowest BCUT2D eigenvalue weighted by atomic mass is 10.00. The molecule has 0 aliphatic carbocycles. The van der Waals surface area contributed by atoms with Crippen molar-refractivity contribution in [2.24, 2.45) is 0 Å². The van der Waals surface area contributed by atoms with Crippen LogP contribution < -0.4 is 0 Å². The van der Waals surface area contributed by atoms with Crippen molar-refractivity contribution in [2.45, 2.75) is 32.3 Å².